The Morgan fingerprint density at radius 1 is 1.13 bits per heavy atom. The van der Waals surface area contributed by atoms with Crippen LogP contribution >= 0.6 is 12.8 Å². The Balaban J connectivity index is 0.000000235. The molecule has 2 aromatic rings. The first kappa shape index (κ1) is 27.0. The van der Waals surface area contributed by atoms with Crippen LogP contribution < -0.4 is 10.1 Å². The molecule has 1 fully saturated rings. The fourth-order valence-corrected chi connectivity index (χ4v) is 3.24. The maximum absolute atomic E-state index is 9.95. The molecule has 0 unspecified atom stereocenters. The van der Waals surface area contributed by atoms with Crippen LogP contribution in [0.4, 0.5) is 0 Å². The number of carbonyl (C=O) groups is 1. The van der Waals surface area contributed by atoms with Crippen molar-refractivity contribution in [3.63, 3.8) is 0 Å². The maximum Gasteiger partial charge on any atom is 0.293 e. The smallest absolute Gasteiger partial charge is 0.293 e. The monoisotopic (exact) mass is 446 g/mol. The maximum atomic E-state index is 9.95. The highest BCUT2D eigenvalue weighted by Crippen LogP contribution is 2.12. The minimum absolute atomic E-state index is 0.266. The average Bonchev–Trinajstić information content (AvgIpc) is 2.76. The third-order valence-corrected chi connectivity index (χ3v) is 5.21. The van der Waals surface area contributed by atoms with Gasteiger partial charge in [-0.05, 0) is 70.8 Å². The minimum Gasteiger partial charge on any atom is -0.491 e. The number of ether oxygens (including phenoxy) is 2. The summed E-state index contributed by atoms with van der Waals surface area (Å²) < 4.78 is 12.2. The molecule has 0 aliphatic carbocycles. The Morgan fingerprint density at radius 2 is 1.77 bits per heavy atom. The van der Waals surface area contributed by atoms with Crippen LogP contribution in [0.5, 0.6) is 5.75 Å². The predicted molar refractivity (Wildman–Crippen MR) is 132 cm³/mol. The highest BCUT2D eigenvalue weighted by molar-refractivity contribution is 7.77. The van der Waals surface area contributed by atoms with Crippen molar-refractivity contribution < 1.29 is 14.3 Å². The number of nitrogens with one attached hydrogen (secondary N) is 1. The molecule has 6 heteroatoms. The molecule has 0 amide bonds. The SMILES string of the molecule is CC(C)Oc1ccccc1.CNC1CCN(S)CC1.Cc1ccc(C)c(COC=O)c1. The number of thiol groups is 1. The van der Waals surface area contributed by atoms with Gasteiger partial charge in [0.2, 0.25) is 0 Å². The van der Waals surface area contributed by atoms with E-state index in [9.17, 15) is 4.79 Å². The molecule has 0 saturated carbocycles. The summed E-state index contributed by atoms with van der Waals surface area (Å²) in [7, 11) is 2.03. The molecule has 172 valence electrons. The van der Waals surface area contributed by atoms with Crippen LogP contribution in [0.25, 0.3) is 0 Å². The van der Waals surface area contributed by atoms with E-state index in [2.05, 4.69) is 27.2 Å². The van der Waals surface area contributed by atoms with Crippen LogP contribution in [0, 0.1) is 13.8 Å². The van der Waals surface area contributed by atoms with Gasteiger partial charge in [0, 0.05) is 19.1 Å². The first-order chi connectivity index (χ1) is 14.8. The summed E-state index contributed by atoms with van der Waals surface area (Å²) >= 11 is 4.25. The van der Waals surface area contributed by atoms with Crippen LogP contribution in [0.3, 0.4) is 0 Å². The highest BCUT2D eigenvalue weighted by atomic mass is 32.1. The van der Waals surface area contributed by atoms with Gasteiger partial charge in [-0.15, -0.1) is 0 Å². The van der Waals surface area contributed by atoms with Gasteiger partial charge >= 0.3 is 0 Å². The molecule has 0 spiro atoms. The van der Waals surface area contributed by atoms with E-state index in [1.54, 1.807) is 0 Å². The van der Waals surface area contributed by atoms with E-state index in [0.29, 0.717) is 13.1 Å². The summed E-state index contributed by atoms with van der Waals surface area (Å²) in [6, 6.07) is 16.7. The molecule has 0 atom stereocenters. The summed E-state index contributed by atoms with van der Waals surface area (Å²) in [6.07, 6.45) is 2.74. The molecule has 1 saturated heterocycles. The number of hydrogen-bond donors (Lipinski definition) is 2. The van der Waals surface area contributed by atoms with E-state index < -0.39 is 0 Å². The third-order valence-electron chi connectivity index (χ3n) is 4.81. The zero-order valence-corrected chi connectivity index (χ0v) is 20.4. The number of carbonyl (C=O) groups excluding carboxylic acids is 1. The second-order valence-electron chi connectivity index (χ2n) is 7.83. The lowest BCUT2D eigenvalue weighted by Crippen LogP contribution is -2.37. The zero-order chi connectivity index (χ0) is 23.1. The van der Waals surface area contributed by atoms with Crippen molar-refractivity contribution in [2.45, 2.75) is 59.3 Å². The van der Waals surface area contributed by atoms with Crippen molar-refractivity contribution >= 4 is 19.3 Å². The van der Waals surface area contributed by atoms with Crippen molar-refractivity contribution in [1.29, 1.82) is 0 Å². The van der Waals surface area contributed by atoms with Crippen molar-refractivity contribution in [2.75, 3.05) is 20.1 Å². The molecule has 0 radical (unpaired) electrons. The molecule has 31 heavy (non-hydrogen) atoms. The van der Waals surface area contributed by atoms with E-state index in [0.717, 1.165) is 36.0 Å². The number of nitrogens with zero attached hydrogens (tertiary/aromatic N) is 1. The summed E-state index contributed by atoms with van der Waals surface area (Å²) in [5, 5.41) is 3.26. The van der Waals surface area contributed by atoms with Gasteiger partial charge in [-0.25, -0.2) is 0 Å². The van der Waals surface area contributed by atoms with Gasteiger partial charge in [-0.3, -0.25) is 9.10 Å². The standard InChI is InChI=1S/C10H12O2.C9H12O.C6H14N2S/c1-8-3-4-9(2)10(5-8)6-12-7-11;1-8(2)10-9-6-4-3-5-7-9;1-7-6-2-4-8(9)5-3-6/h3-5,7H,6H2,1-2H3;3-8H,1-2H3;6-7,9H,2-5H2,1H3. The number of rotatable bonds is 6. The highest BCUT2D eigenvalue weighted by Gasteiger charge is 2.14. The lowest BCUT2D eigenvalue weighted by atomic mass is 10.1. The molecule has 5 nitrogen and oxygen atoms in total. The molecule has 1 aliphatic rings. The Labute approximate surface area is 193 Å². The molecule has 0 aromatic heterocycles. The van der Waals surface area contributed by atoms with Crippen molar-refractivity contribution in [3.8, 4) is 5.75 Å². The third kappa shape index (κ3) is 12.4. The van der Waals surface area contributed by atoms with E-state index in [4.69, 9.17) is 4.74 Å². The molecule has 1 aliphatic heterocycles. The molecule has 1 heterocycles. The van der Waals surface area contributed by atoms with Gasteiger partial charge in [0.25, 0.3) is 6.47 Å². The summed E-state index contributed by atoms with van der Waals surface area (Å²) in [4.78, 5) is 9.95. The minimum atomic E-state index is 0.266. The van der Waals surface area contributed by atoms with Gasteiger partial charge in [-0.1, -0.05) is 54.8 Å². The second-order valence-corrected chi connectivity index (χ2v) is 8.40. The molecule has 0 bridgehead atoms. The van der Waals surface area contributed by atoms with E-state index in [1.807, 2.05) is 83.3 Å². The predicted octanol–water partition coefficient (Wildman–Crippen LogP) is 4.97. The van der Waals surface area contributed by atoms with Gasteiger partial charge < -0.3 is 14.8 Å². The quantitative estimate of drug-likeness (QED) is 0.485. The van der Waals surface area contributed by atoms with Crippen LogP contribution in [-0.4, -0.2) is 43.1 Å². The average molecular weight is 447 g/mol. The molecule has 2 aromatic carbocycles. The van der Waals surface area contributed by atoms with Crippen molar-refractivity contribution in [3.05, 3.63) is 65.2 Å². The summed E-state index contributed by atoms with van der Waals surface area (Å²) in [5.41, 5.74) is 3.41. The van der Waals surface area contributed by atoms with Gasteiger partial charge in [0.05, 0.1) is 6.10 Å². The molecular formula is C25H38N2O3S. The first-order valence-corrected chi connectivity index (χ1v) is 11.2. The van der Waals surface area contributed by atoms with E-state index >= 15 is 0 Å². The Kier molecular flexibility index (Phi) is 13.7. The topological polar surface area (TPSA) is 50.8 Å². The lowest BCUT2D eigenvalue weighted by Gasteiger charge is -2.27. The normalized spacial score (nSPS) is 14.0. The first-order valence-electron chi connectivity index (χ1n) is 10.8. The van der Waals surface area contributed by atoms with Crippen molar-refractivity contribution in [2.24, 2.45) is 0 Å². The second kappa shape index (κ2) is 15.7. The van der Waals surface area contributed by atoms with E-state index in [-0.39, 0.29) is 6.10 Å². The zero-order valence-electron chi connectivity index (χ0n) is 19.5. The van der Waals surface area contributed by atoms with Crippen LogP contribution in [0.15, 0.2) is 48.5 Å². The largest absolute Gasteiger partial charge is 0.491 e. The number of para-hydroxylation sites is 1. The lowest BCUT2D eigenvalue weighted by molar-refractivity contribution is -0.129. The Hall–Kier alpha value is -2.02. The van der Waals surface area contributed by atoms with Crippen molar-refractivity contribution in [1.82, 2.24) is 9.62 Å². The Morgan fingerprint density at radius 3 is 2.32 bits per heavy atom. The van der Waals surface area contributed by atoms with Gasteiger partial charge in [0.15, 0.2) is 0 Å². The molecular weight excluding hydrogens is 408 g/mol. The number of hydrogen-bond acceptors (Lipinski definition) is 6. The number of benzene rings is 2. The van der Waals surface area contributed by atoms with Crippen LogP contribution in [0.2, 0.25) is 0 Å². The number of aryl methyl sites for hydroxylation is 2. The van der Waals surface area contributed by atoms with Gasteiger partial charge in [-0.2, -0.15) is 0 Å². The Bertz CT molecular complexity index is 733. The van der Waals surface area contributed by atoms with E-state index in [1.165, 1.54) is 18.4 Å². The van der Waals surface area contributed by atoms with Crippen LogP contribution in [0.1, 0.15) is 43.4 Å². The molecule has 3 rings (SSSR count). The summed E-state index contributed by atoms with van der Waals surface area (Å²) in [6.45, 7) is 11.1. The van der Waals surface area contributed by atoms with Gasteiger partial charge in [0.1, 0.15) is 12.4 Å². The summed E-state index contributed by atoms with van der Waals surface area (Å²) in [5.74, 6) is 0.942. The number of piperidine rings is 1. The fraction of sp³-hybridized carbons (Fsp3) is 0.480. The fourth-order valence-electron chi connectivity index (χ4n) is 3.01. The molecule has 1 N–H and O–H groups in total. The van der Waals surface area contributed by atoms with Crippen LogP contribution in [-0.2, 0) is 16.1 Å².